The van der Waals surface area contributed by atoms with E-state index >= 15 is 0 Å². The molecule has 0 radical (unpaired) electrons. The Labute approximate surface area is 166 Å². The fourth-order valence-electron chi connectivity index (χ4n) is 2.40. The van der Waals surface area contributed by atoms with Crippen LogP contribution in [0.3, 0.4) is 0 Å². The Balaban J connectivity index is 1.87. The predicted molar refractivity (Wildman–Crippen MR) is 118 cm³/mol. The minimum atomic E-state index is 0.419. The van der Waals surface area contributed by atoms with E-state index in [0.717, 1.165) is 23.4 Å². The number of unbranched alkanes of at least 4 members (excludes halogenated alkanes) is 1. The first-order valence-electron chi connectivity index (χ1n) is 8.67. The monoisotopic (exact) mass is 388 g/mol. The molecule has 0 aromatic heterocycles. The molecule has 0 amide bonds. The van der Waals surface area contributed by atoms with E-state index in [1.807, 2.05) is 37.3 Å². The average molecular weight is 389 g/mol. The fraction of sp³-hybridized carbons (Fsp3) is 0.300. The van der Waals surface area contributed by atoms with Gasteiger partial charge in [-0.1, -0.05) is 43.1 Å². The Morgan fingerprint density at radius 2 is 1.96 bits per heavy atom. The standard InChI is InChI=1S/C20H25ClN4S/c1-4-5-13-25(3)17-11-9-16(10-12-17)14-22-24-20(26)23-19-8-6-7-18(21)15(19)2/h6-12,14H,4-5,13H2,1-3H3,(H2,23,24,26)/b22-14-. The van der Waals surface area contributed by atoms with Crippen LogP contribution in [0.2, 0.25) is 5.02 Å². The van der Waals surface area contributed by atoms with E-state index in [1.165, 1.54) is 18.5 Å². The summed E-state index contributed by atoms with van der Waals surface area (Å²) in [5.41, 5.74) is 6.85. The first kappa shape index (κ1) is 20.2. The molecular weight excluding hydrogens is 364 g/mol. The Bertz CT molecular complexity index is 759. The summed E-state index contributed by atoms with van der Waals surface area (Å²) in [5, 5.41) is 8.40. The van der Waals surface area contributed by atoms with E-state index in [0.29, 0.717) is 10.1 Å². The lowest BCUT2D eigenvalue weighted by molar-refractivity contribution is 0.767. The minimum absolute atomic E-state index is 0.419. The van der Waals surface area contributed by atoms with Gasteiger partial charge in [-0.3, -0.25) is 5.43 Å². The summed E-state index contributed by atoms with van der Waals surface area (Å²) in [5.74, 6) is 0. The summed E-state index contributed by atoms with van der Waals surface area (Å²) in [4.78, 5) is 2.26. The highest BCUT2D eigenvalue weighted by Gasteiger charge is 2.03. The van der Waals surface area contributed by atoms with Crippen molar-refractivity contribution in [3.8, 4) is 0 Å². The highest BCUT2D eigenvalue weighted by molar-refractivity contribution is 7.80. The number of hydrazone groups is 1. The molecule has 0 saturated heterocycles. The van der Waals surface area contributed by atoms with Crippen LogP contribution in [-0.2, 0) is 0 Å². The quantitative estimate of drug-likeness (QED) is 0.388. The summed E-state index contributed by atoms with van der Waals surface area (Å²) in [6.07, 6.45) is 4.14. The molecule has 6 heteroatoms. The van der Waals surface area contributed by atoms with Crippen LogP contribution in [0, 0.1) is 6.92 Å². The van der Waals surface area contributed by atoms with Crippen LogP contribution in [0.4, 0.5) is 11.4 Å². The summed E-state index contributed by atoms with van der Waals surface area (Å²) in [7, 11) is 2.11. The Hall–Kier alpha value is -2.11. The van der Waals surface area contributed by atoms with Gasteiger partial charge >= 0.3 is 0 Å². The zero-order valence-electron chi connectivity index (χ0n) is 15.4. The molecule has 0 aliphatic carbocycles. The van der Waals surface area contributed by atoms with E-state index < -0.39 is 0 Å². The van der Waals surface area contributed by atoms with Crippen LogP contribution in [0.25, 0.3) is 0 Å². The Morgan fingerprint density at radius 1 is 1.23 bits per heavy atom. The van der Waals surface area contributed by atoms with Crippen LogP contribution in [0.15, 0.2) is 47.6 Å². The summed E-state index contributed by atoms with van der Waals surface area (Å²) in [6.45, 7) is 5.21. The number of rotatable bonds is 7. The highest BCUT2D eigenvalue weighted by Crippen LogP contribution is 2.22. The third-order valence-corrected chi connectivity index (χ3v) is 4.68. The molecule has 0 atom stereocenters. The topological polar surface area (TPSA) is 39.7 Å². The molecule has 2 aromatic rings. The molecule has 0 aliphatic heterocycles. The maximum Gasteiger partial charge on any atom is 0.191 e. The minimum Gasteiger partial charge on any atom is -0.375 e. The van der Waals surface area contributed by atoms with Gasteiger partial charge < -0.3 is 10.2 Å². The average Bonchev–Trinajstić information content (AvgIpc) is 2.64. The van der Waals surface area contributed by atoms with Gasteiger partial charge in [0.15, 0.2) is 5.11 Å². The third kappa shape index (κ3) is 6.00. The van der Waals surface area contributed by atoms with Gasteiger partial charge in [0.1, 0.15) is 0 Å². The maximum atomic E-state index is 6.11. The molecular formula is C20H25ClN4S. The van der Waals surface area contributed by atoms with Crippen molar-refractivity contribution in [1.82, 2.24) is 5.43 Å². The predicted octanol–water partition coefficient (Wildman–Crippen LogP) is 5.21. The molecule has 2 aromatic carbocycles. The van der Waals surface area contributed by atoms with Crippen LogP contribution >= 0.6 is 23.8 Å². The molecule has 0 unspecified atom stereocenters. The van der Waals surface area contributed by atoms with E-state index in [-0.39, 0.29) is 0 Å². The molecule has 4 nitrogen and oxygen atoms in total. The number of halogens is 1. The lowest BCUT2D eigenvalue weighted by atomic mass is 10.2. The van der Waals surface area contributed by atoms with Crippen molar-refractivity contribution in [3.63, 3.8) is 0 Å². The van der Waals surface area contributed by atoms with Gasteiger partial charge in [-0.05, 0) is 61.0 Å². The molecule has 26 heavy (non-hydrogen) atoms. The van der Waals surface area contributed by atoms with Crippen molar-refractivity contribution in [2.45, 2.75) is 26.7 Å². The molecule has 2 rings (SSSR count). The molecule has 0 aliphatic rings. The number of benzene rings is 2. The third-order valence-electron chi connectivity index (χ3n) is 4.08. The van der Waals surface area contributed by atoms with Gasteiger partial charge in [0.25, 0.3) is 0 Å². The molecule has 0 spiro atoms. The normalized spacial score (nSPS) is 10.8. The number of nitrogens with one attached hydrogen (secondary N) is 2. The van der Waals surface area contributed by atoms with E-state index in [2.05, 4.69) is 46.8 Å². The maximum absolute atomic E-state index is 6.11. The van der Waals surface area contributed by atoms with Gasteiger partial charge in [-0.25, -0.2) is 0 Å². The first-order chi connectivity index (χ1) is 12.5. The van der Waals surface area contributed by atoms with Gasteiger partial charge in [0.2, 0.25) is 0 Å². The molecule has 0 saturated carbocycles. The molecule has 138 valence electrons. The molecule has 0 heterocycles. The van der Waals surface area contributed by atoms with Crippen LogP contribution in [-0.4, -0.2) is 24.9 Å². The second-order valence-electron chi connectivity index (χ2n) is 6.10. The van der Waals surface area contributed by atoms with Gasteiger partial charge in [0, 0.05) is 30.0 Å². The van der Waals surface area contributed by atoms with Crippen LogP contribution in [0.1, 0.15) is 30.9 Å². The number of thiocarbonyl (C=S) groups is 1. The van der Waals surface area contributed by atoms with Crippen LogP contribution < -0.4 is 15.6 Å². The van der Waals surface area contributed by atoms with Gasteiger partial charge in [0.05, 0.1) is 6.21 Å². The summed E-state index contributed by atoms with van der Waals surface area (Å²) in [6, 6.07) is 13.9. The number of hydrogen-bond donors (Lipinski definition) is 2. The SMILES string of the molecule is CCCCN(C)c1ccc(/C=N\NC(=S)Nc2cccc(Cl)c2C)cc1. The van der Waals surface area contributed by atoms with Crippen molar-refractivity contribution in [2.75, 3.05) is 23.8 Å². The Morgan fingerprint density at radius 3 is 2.65 bits per heavy atom. The fourth-order valence-corrected chi connectivity index (χ4v) is 2.74. The van der Waals surface area contributed by atoms with Crippen molar-refractivity contribution in [3.05, 3.63) is 58.6 Å². The lowest BCUT2D eigenvalue weighted by Crippen LogP contribution is -2.24. The summed E-state index contributed by atoms with van der Waals surface area (Å²) < 4.78 is 0. The largest absolute Gasteiger partial charge is 0.375 e. The smallest absolute Gasteiger partial charge is 0.191 e. The number of hydrogen-bond acceptors (Lipinski definition) is 3. The zero-order valence-corrected chi connectivity index (χ0v) is 17.0. The van der Waals surface area contributed by atoms with Crippen molar-refractivity contribution in [1.29, 1.82) is 0 Å². The zero-order chi connectivity index (χ0) is 18.9. The second-order valence-corrected chi connectivity index (χ2v) is 6.92. The number of anilines is 2. The van der Waals surface area contributed by atoms with E-state index in [9.17, 15) is 0 Å². The number of nitrogens with zero attached hydrogens (tertiary/aromatic N) is 2. The summed E-state index contributed by atoms with van der Waals surface area (Å²) >= 11 is 11.4. The van der Waals surface area contributed by atoms with Crippen molar-refractivity contribution in [2.24, 2.45) is 5.10 Å². The molecule has 0 bridgehead atoms. The van der Waals surface area contributed by atoms with Crippen molar-refractivity contribution < 1.29 is 0 Å². The van der Waals surface area contributed by atoms with Gasteiger partial charge in [-0.15, -0.1) is 0 Å². The van der Waals surface area contributed by atoms with E-state index in [4.69, 9.17) is 23.8 Å². The molecule has 0 fully saturated rings. The highest BCUT2D eigenvalue weighted by atomic mass is 35.5. The lowest BCUT2D eigenvalue weighted by Gasteiger charge is -2.18. The second kappa shape index (κ2) is 10.1. The van der Waals surface area contributed by atoms with Gasteiger partial charge in [-0.2, -0.15) is 5.10 Å². The van der Waals surface area contributed by atoms with E-state index in [1.54, 1.807) is 6.21 Å². The Kier molecular flexibility index (Phi) is 7.88. The first-order valence-corrected chi connectivity index (χ1v) is 9.46. The van der Waals surface area contributed by atoms with Crippen LogP contribution in [0.5, 0.6) is 0 Å². The molecule has 2 N–H and O–H groups in total. The van der Waals surface area contributed by atoms with Crippen molar-refractivity contribution >= 4 is 46.5 Å².